The summed E-state index contributed by atoms with van der Waals surface area (Å²) in [5, 5.41) is 28.1. The number of Topliss-reactive ketones (excluding diaryl/α,β-unsaturated/α-hetero) is 1. The van der Waals surface area contributed by atoms with Crippen LogP contribution < -0.4 is 5.32 Å². The molecule has 2 atom stereocenters. The normalized spacial score (nSPS) is 17.7. The van der Waals surface area contributed by atoms with Crippen molar-refractivity contribution in [3.8, 4) is 28.0 Å². The highest BCUT2D eigenvalue weighted by Crippen LogP contribution is 2.37. The van der Waals surface area contributed by atoms with Gasteiger partial charge in [-0.1, -0.05) is 30.6 Å². The zero-order chi connectivity index (χ0) is 25.9. The minimum absolute atomic E-state index is 0.224. The molecule has 0 amide bonds. The first-order chi connectivity index (χ1) is 17.9. The first-order valence-corrected chi connectivity index (χ1v) is 13.7. The van der Waals surface area contributed by atoms with Crippen LogP contribution in [0.2, 0.25) is 0 Å². The second-order valence-corrected chi connectivity index (χ2v) is 11.4. The predicted molar refractivity (Wildman–Crippen MR) is 145 cm³/mol. The SMILES string of the molecule is CC(=O)C[C@H]1CCC[C@H](Cc2nnc(-c3cnc(-c4ccc5cc(C#N)cnn45)cc3NC(C)C)s2)C1. The Balaban J connectivity index is 1.40. The molecule has 8 nitrogen and oxygen atoms in total. The Bertz CT molecular complexity index is 1460. The van der Waals surface area contributed by atoms with Crippen LogP contribution >= 0.6 is 11.3 Å². The van der Waals surface area contributed by atoms with E-state index in [1.807, 2.05) is 30.5 Å². The number of nitrogens with one attached hydrogen (secondary N) is 1. The minimum atomic E-state index is 0.224. The van der Waals surface area contributed by atoms with Crippen molar-refractivity contribution in [3.05, 3.63) is 47.2 Å². The van der Waals surface area contributed by atoms with E-state index in [9.17, 15) is 10.1 Å². The first kappa shape index (κ1) is 25.0. The summed E-state index contributed by atoms with van der Waals surface area (Å²) >= 11 is 1.63. The fraction of sp³-hybridized carbons (Fsp3) is 0.429. The van der Waals surface area contributed by atoms with Gasteiger partial charge in [0.1, 0.15) is 16.9 Å². The number of anilines is 1. The van der Waals surface area contributed by atoms with Gasteiger partial charge in [0.2, 0.25) is 0 Å². The summed E-state index contributed by atoms with van der Waals surface area (Å²) in [6.45, 7) is 5.91. The predicted octanol–water partition coefficient (Wildman–Crippen LogP) is 5.93. The van der Waals surface area contributed by atoms with Crippen LogP contribution in [0.5, 0.6) is 0 Å². The number of hydrogen-bond donors (Lipinski definition) is 1. The second kappa shape index (κ2) is 10.8. The molecule has 5 rings (SSSR count). The molecule has 1 fully saturated rings. The molecule has 0 aromatic carbocycles. The lowest BCUT2D eigenvalue weighted by Gasteiger charge is -2.27. The molecule has 4 aromatic heterocycles. The summed E-state index contributed by atoms with van der Waals surface area (Å²) < 4.78 is 1.80. The molecule has 0 bridgehead atoms. The smallest absolute Gasteiger partial charge is 0.151 e. The molecule has 1 aliphatic carbocycles. The van der Waals surface area contributed by atoms with Crippen molar-refractivity contribution in [1.29, 1.82) is 5.26 Å². The quantitative estimate of drug-likeness (QED) is 0.311. The summed E-state index contributed by atoms with van der Waals surface area (Å²) in [6, 6.07) is 10.1. The van der Waals surface area contributed by atoms with Gasteiger partial charge in [-0.2, -0.15) is 10.4 Å². The molecule has 9 heteroatoms. The molecule has 4 heterocycles. The molecule has 0 aliphatic heterocycles. The number of hydrogen-bond acceptors (Lipinski definition) is 8. The number of aromatic nitrogens is 5. The number of carbonyl (C=O) groups is 1. The number of nitrogens with zero attached hydrogens (tertiary/aromatic N) is 6. The van der Waals surface area contributed by atoms with Crippen LogP contribution in [0.3, 0.4) is 0 Å². The van der Waals surface area contributed by atoms with Crippen molar-refractivity contribution < 1.29 is 4.79 Å². The van der Waals surface area contributed by atoms with E-state index in [2.05, 4.69) is 40.5 Å². The third kappa shape index (κ3) is 5.70. The lowest BCUT2D eigenvalue weighted by atomic mass is 9.78. The highest BCUT2D eigenvalue weighted by molar-refractivity contribution is 7.14. The maximum Gasteiger partial charge on any atom is 0.151 e. The fourth-order valence-corrected chi connectivity index (χ4v) is 6.30. The topological polar surface area (TPSA) is 109 Å². The largest absolute Gasteiger partial charge is 0.382 e. The molecule has 0 spiro atoms. The molecule has 0 saturated heterocycles. The van der Waals surface area contributed by atoms with Crippen molar-refractivity contribution >= 4 is 28.3 Å². The van der Waals surface area contributed by atoms with Crippen LogP contribution in [0.4, 0.5) is 5.69 Å². The molecular formula is C28H31N7OS. The maximum absolute atomic E-state index is 11.6. The van der Waals surface area contributed by atoms with Gasteiger partial charge in [-0.25, -0.2) is 4.52 Å². The van der Waals surface area contributed by atoms with E-state index in [4.69, 9.17) is 4.98 Å². The van der Waals surface area contributed by atoms with Crippen LogP contribution in [-0.2, 0) is 11.2 Å². The van der Waals surface area contributed by atoms with Crippen LogP contribution in [0.15, 0.2) is 36.7 Å². The molecular weight excluding hydrogens is 482 g/mol. The Morgan fingerprint density at radius 1 is 1.22 bits per heavy atom. The van der Waals surface area contributed by atoms with E-state index in [0.29, 0.717) is 29.6 Å². The Morgan fingerprint density at radius 3 is 2.84 bits per heavy atom. The number of rotatable bonds is 8. The number of pyridine rings is 1. The van der Waals surface area contributed by atoms with Crippen LogP contribution in [0.1, 0.15) is 63.4 Å². The van der Waals surface area contributed by atoms with Gasteiger partial charge in [0.25, 0.3) is 0 Å². The van der Waals surface area contributed by atoms with Crippen molar-refractivity contribution in [3.63, 3.8) is 0 Å². The number of carbonyl (C=O) groups excluding carboxylic acids is 1. The van der Waals surface area contributed by atoms with Gasteiger partial charge < -0.3 is 10.1 Å². The first-order valence-electron chi connectivity index (χ1n) is 12.9. The molecule has 0 unspecified atom stereocenters. The van der Waals surface area contributed by atoms with Gasteiger partial charge in [-0.15, -0.1) is 10.2 Å². The number of ketones is 1. The average Bonchev–Trinajstić information content (AvgIpc) is 3.50. The molecule has 37 heavy (non-hydrogen) atoms. The molecule has 4 aromatic rings. The summed E-state index contributed by atoms with van der Waals surface area (Å²) in [4.78, 5) is 16.3. The second-order valence-electron chi connectivity index (χ2n) is 10.3. The van der Waals surface area contributed by atoms with Gasteiger partial charge >= 0.3 is 0 Å². The Morgan fingerprint density at radius 2 is 2.05 bits per heavy atom. The van der Waals surface area contributed by atoms with E-state index >= 15 is 0 Å². The number of fused-ring (bicyclic) bond motifs is 1. The lowest BCUT2D eigenvalue weighted by Crippen LogP contribution is -2.19. The number of nitriles is 1. The van der Waals surface area contributed by atoms with Crippen LogP contribution in [-0.4, -0.2) is 36.6 Å². The summed E-state index contributed by atoms with van der Waals surface area (Å²) in [6.07, 6.45) is 9.67. The van der Waals surface area contributed by atoms with Gasteiger partial charge in [0.05, 0.1) is 34.2 Å². The van der Waals surface area contributed by atoms with Gasteiger partial charge in [-0.05, 0) is 63.3 Å². The molecule has 1 aliphatic rings. The highest BCUT2D eigenvalue weighted by atomic mass is 32.1. The Kier molecular flexibility index (Phi) is 7.28. The summed E-state index contributed by atoms with van der Waals surface area (Å²) in [5.41, 5.74) is 4.89. The fourth-order valence-electron chi connectivity index (χ4n) is 5.32. The highest BCUT2D eigenvalue weighted by Gasteiger charge is 2.25. The standard InChI is InChI=1S/C28H31N7OS/c1-17(2)32-24-13-25(26-8-7-22-11-21(14-29)15-31-35(22)26)30-16-23(24)28-34-33-27(37-28)12-20-6-4-5-19(10-20)9-18(3)36/h7-8,11,13,15-17,19-20H,4-6,9-10,12H2,1-3H3,(H,30,32)/t19-,20+/m1/s1. The molecule has 1 N–H and O–H groups in total. The van der Waals surface area contributed by atoms with E-state index in [0.717, 1.165) is 57.4 Å². The van der Waals surface area contributed by atoms with E-state index < -0.39 is 0 Å². The zero-order valence-corrected chi connectivity index (χ0v) is 22.3. The Hall–Kier alpha value is -3.64. The van der Waals surface area contributed by atoms with Crippen molar-refractivity contribution in [2.24, 2.45) is 11.8 Å². The maximum atomic E-state index is 11.6. The third-order valence-corrected chi connectivity index (χ3v) is 7.85. The van der Waals surface area contributed by atoms with E-state index in [1.54, 1.807) is 29.0 Å². The molecule has 1 saturated carbocycles. The lowest BCUT2D eigenvalue weighted by molar-refractivity contribution is -0.118. The van der Waals surface area contributed by atoms with Crippen LogP contribution in [0, 0.1) is 23.2 Å². The summed E-state index contributed by atoms with van der Waals surface area (Å²) in [5.74, 6) is 1.36. The third-order valence-electron chi connectivity index (χ3n) is 6.87. The van der Waals surface area contributed by atoms with E-state index in [-0.39, 0.29) is 6.04 Å². The van der Waals surface area contributed by atoms with Crippen molar-refractivity contribution in [1.82, 2.24) is 24.8 Å². The van der Waals surface area contributed by atoms with Crippen LogP contribution in [0.25, 0.3) is 27.5 Å². The zero-order valence-electron chi connectivity index (χ0n) is 21.4. The van der Waals surface area contributed by atoms with Gasteiger partial charge in [-0.3, -0.25) is 4.98 Å². The van der Waals surface area contributed by atoms with Gasteiger partial charge in [0.15, 0.2) is 5.01 Å². The van der Waals surface area contributed by atoms with E-state index in [1.165, 1.54) is 12.8 Å². The van der Waals surface area contributed by atoms with Crippen molar-refractivity contribution in [2.75, 3.05) is 5.32 Å². The molecule has 0 radical (unpaired) electrons. The van der Waals surface area contributed by atoms with Crippen molar-refractivity contribution in [2.45, 2.75) is 65.3 Å². The summed E-state index contributed by atoms with van der Waals surface area (Å²) in [7, 11) is 0. The average molecular weight is 514 g/mol. The minimum Gasteiger partial charge on any atom is -0.382 e. The van der Waals surface area contributed by atoms with Gasteiger partial charge in [0, 0.05) is 30.8 Å². The molecule has 190 valence electrons. The Labute approximate surface area is 220 Å². The monoisotopic (exact) mass is 513 g/mol.